The van der Waals surface area contributed by atoms with Crippen LogP contribution in [-0.2, 0) is 13.2 Å². The van der Waals surface area contributed by atoms with E-state index in [0.29, 0.717) is 28.2 Å². The van der Waals surface area contributed by atoms with Crippen molar-refractivity contribution in [1.29, 1.82) is 0 Å². The lowest BCUT2D eigenvalue weighted by Crippen LogP contribution is -2.27. The lowest BCUT2D eigenvalue weighted by atomic mass is 10.2. The average Bonchev–Trinajstić information content (AvgIpc) is 3.16. The maximum atomic E-state index is 12.4. The molecule has 0 fully saturated rings. The number of carbonyl (C=O) groups excluding carboxylic acids is 1. The minimum Gasteiger partial charge on any atom is -0.471 e. The van der Waals surface area contributed by atoms with Crippen molar-refractivity contribution in [3.8, 4) is 5.88 Å². The van der Waals surface area contributed by atoms with Crippen LogP contribution in [0, 0.1) is 6.92 Å². The number of aromatic nitrogens is 4. The van der Waals surface area contributed by atoms with Crippen molar-refractivity contribution >= 4 is 16.8 Å². The molecule has 0 saturated carbocycles. The molecule has 3 aromatic heterocycles. The Hall–Kier alpha value is -4.01. The van der Waals surface area contributed by atoms with Crippen LogP contribution in [0.1, 0.15) is 27.6 Å². The number of rotatable bonds is 6. The SMILES string of the molecule is Cc1cc(COc2cc(CNC(=O)c3nc4ccccc4c(=O)[nH]3)ccn2)no1. The Labute approximate surface area is 164 Å². The maximum Gasteiger partial charge on any atom is 0.287 e. The van der Waals surface area contributed by atoms with Gasteiger partial charge in [-0.05, 0) is 30.7 Å². The molecule has 0 bridgehead atoms. The van der Waals surface area contributed by atoms with Gasteiger partial charge >= 0.3 is 0 Å². The van der Waals surface area contributed by atoms with E-state index >= 15 is 0 Å². The fraction of sp³-hybridized carbons (Fsp3) is 0.150. The Morgan fingerprint density at radius 3 is 2.93 bits per heavy atom. The molecule has 4 rings (SSSR count). The van der Waals surface area contributed by atoms with Crippen LogP contribution >= 0.6 is 0 Å². The van der Waals surface area contributed by atoms with Gasteiger partial charge in [0.1, 0.15) is 18.1 Å². The Morgan fingerprint density at radius 1 is 1.24 bits per heavy atom. The summed E-state index contributed by atoms with van der Waals surface area (Å²) in [6.07, 6.45) is 1.58. The van der Waals surface area contributed by atoms with Gasteiger partial charge in [0.15, 0.2) is 5.82 Å². The number of aromatic amines is 1. The molecule has 146 valence electrons. The van der Waals surface area contributed by atoms with Gasteiger partial charge in [0, 0.05) is 24.9 Å². The molecule has 0 spiro atoms. The highest BCUT2D eigenvalue weighted by Crippen LogP contribution is 2.12. The van der Waals surface area contributed by atoms with Crippen molar-refractivity contribution in [1.82, 2.24) is 25.4 Å². The number of nitrogens with zero attached hydrogens (tertiary/aromatic N) is 3. The van der Waals surface area contributed by atoms with E-state index in [-0.39, 0.29) is 24.5 Å². The highest BCUT2D eigenvalue weighted by atomic mass is 16.5. The largest absolute Gasteiger partial charge is 0.471 e. The van der Waals surface area contributed by atoms with E-state index < -0.39 is 5.91 Å². The number of nitrogens with one attached hydrogen (secondary N) is 2. The van der Waals surface area contributed by atoms with Gasteiger partial charge < -0.3 is 19.6 Å². The number of H-pyrrole nitrogens is 1. The molecule has 0 radical (unpaired) electrons. The molecule has 0 saturated heterocycles. The van der Waals surface area contributed by atoms with E-state index in [2.05, 4.69) is 25.4 Å². The smallest absolute Gasteiger partial charge is 0.287 e. The van der Waals surface area contributed by atoms with E-state index in [1.807, 2.05) is 0 Å². The average molecular weight is 391 g/mol. The van der Waals surface area contributed by atoms with Gasteiger partial charge in [0.2, 0.25) is 5.88 Å². The normalized spacial score (nSPS) is 10.8. The van der Waals surface area contributed by atoms with Crippen molar-refractivity contribution in [3.05, 3.63) is 81.9 Å². The first kappa shape index (κ1) is 18.4. The molecule has 1 aromatic carbocycles. The third-order valence-corrected chi connectivity index (χ3v) is 4.12. The molecule has 9 heteroatoms. The summed E-state index contributed by atoms with van der Waals surface area (Å²) < 4.78 is 10.6. The first-order chi connectivity index (χ1) is 14.1. The van der Waals surface area contributed by atoms with Crippen LogP contribution in [0.15, 0.2) is 58.0 Å². The summed E-state index contributed by atoms with van der Waals surface area (Å²) in [7, 11) is 0. The zero-order valence-electron chi connectivity index (χ0n) is 15.5. The Morgan fingerprint density at radius 2 is 2.10 bits per heavy atom. The van der Waals surface area contributed by atoms with Gasteiger partial charge in [0.25, 0.3) is 11.5 Å². The molecule has 0 atom stereocenters. The van der Waals surface area contributed by atoms with E-state index in [1.54, 1.807) is 55.6 Å². The molecule has 0 aliphatic heterocycles. The second-order valence-electron chi connectivity index (χ2n) is 6.33. The van der Waals surface area contributed by atoms with Crippen LogP contribution in [-0.4, -0.2) is 26.0 Å². The summed E-state index contributed by atoms with van der Waals surface area (Å²) in [6.45, 7) is 2.25. The Kier molecular flexibility index (Phi) is 5.02. The number of benzene rings is 1. The van der Waals surface area contributed by atoms with Gasteiger partial charge in [-0.25, -0.2) is 9.97 Å². The molecule has 1 amide bonds. The first-order valence-corrected chi connectivity index (χ1v) is 8.86. The fourth-order valence-corrected chi connectivity index (χ4v) is 2.73. The molecule has 9 nitrogen and oxygen atoms in total. The zero-order chi connectivity index (χ0) is 20.2. The lowest BCUT2D eigenvalue weighted by molar-refractivity contribution is 0.0940. The molecule has 0 aliphatic rings. The van der Waals surface area contributed by atoms with Gasteiger partial charge in [-0.15, -0.1) is 0 Å². The number of fused-ring (bicyclic) bond motifs is 1. The Balaban J connectivity index is 1.41. The maximum absolute atomic E-state index is 12.4. The van der Waals surface area contributed by atoms with Gasteiger partial charge in [-0.1, -0.05) is 17.3 Å². The van der Waals surface area contributed by atoms with Crippen molar-refractivity contribution < 1.29 is 14.1 Å². The number of hydrogen-bond acceptors (Lipinski definition) is 7. The van der Waals surface area contributed by atoms with Crippen LogP contribution in [0.5, 0.6) is 5.88 Å². The predicted molar refractivity (Wildman–Crippen MR) is 103 cm³/mol. The number of amides is 1. The fourth-order valence-electron chi connectivity index (χ4n) is 2.73. The molecule has 29 heavy (non-hydrogen) atoms. The number of carbonyl (C=O) groups is 1. The first-order valence-electron chi connectivity index (χ1n) is 8.86. The molecule has 0 unspecified atom stereocenters. The van der Waals surface area contributed by atoms with Crippen molar-refractivity contribution in [2.45, 2.75) is 20.1 Å². The van der Waals surface area contributed by atoms with Crippen molar-refractivity contribution in [3.63, 3.8) is 0 Å². The molecule has 2 N–H and O–H groups in total. The summed E-state index contributed by atoms with van der Waals surface area (Å²) in [5.41, 5.74) is 1.55. The predicted octanol–water partition coefficient (Wildman–Crippen LogP) is 2.12. The molecule has 3 heterocycles. The van der Waals surface area contributed by atoms with E-state index in [4.69, 9.17) is 9.26 Å². The molecule has 4 aromatic rings. The number of para-hydroxylation sites is 1. The number of ether oxygens (including phenoxy) is 1. The molecular weight excluding hydrogens is 374 g/mol. The van der Waals surface area contributed by atoms with E-state index in [9.17, 15) is 9.59 Å². The van der Waals surface area contributed by atoms with Crippen molar-refractivity contribution in [2.75, 3.05) is 0 Å². The summed E-state index contributed by atoms with van der Waals surface area (Å²) in [5, 5.41) is 7.02. The summed E-state index contributed by atoms with van der Waals surface area (Å²) in [5.74, 6) is 0.578. The number of pyridine rings is 1. The van der Waals surface area contributed by atoms with Crippen LogP contribution < -0.4 is 15.6 Å². The van der Waals surface area contributed by atoms with Gasteiger partial charge in [-0.2, -0.15) is 0 Å². The number of aryl methyl sites for hydroxylation is 1. The second kappa shape index (κ2) is 7.93. The van der Waals surface area contributed by atoms with Crippen LogP contribution in [0.4, 0.5) is 0 Å². The Bertz CT molecular complexity index is 1230. The van der Waals surface area contributed by atoms with Crippen LogP contribution in [0.3, 0.4) is 0 Å². The van der Waals surface area contributed by atoms with Crippen LogP contribution in [0.25, 0.3) is 10.9 Å². The molecule has 0 aliphatic carbocycles. The highest BCUT2D eigenvalue weighted by molar-refractivity contribution is 5.92. The molecular formula is C20H17N5O4. The summed E-state index contributed by atoms with van der Waals surface area (Å²) in [4.78, 5) is 35.4. The lowest BCUT2D eigenvalue weighted by Gasteiger charge is -2.07. The quantitative estimate of drug-likeness (QED) is 0.516. The highest BCUT2D eigenvalue weighted by Gasteiger charge is 2.11. The summed E-state index contributed by atoms with van der Waals surface area (Å²) in [6, 6.07) is 12.1. The van der Waals surface area contributed by atoms with Gasteiger partial charge in [0.05, 0.1) is 10.9 Å². The zero-order valence-corrected chi connectivity index (χ0v) is 15.5. The summed E-state index contributed by atoms with van der Waals surface area (Å²) >= 11 is 0. The van der Waals surface area contributed by atoms with Crippen LogP contribution in [0.2, 0.25) is 0 Å². The topological polar surface area (TPSA) is 123 Å². The third kappa shape index (κ3) is 4.29. The third-order valence-electron chi connectivity index (χ3n) is 4.12. The minimum absolute atomic E-state index is 0.0411. The monoisotopic (exact) mass is 391 g/mol. The number of hydrogen-bond donors (Lipinski definition) is 2. The van der Waals surface area contributed by atoms with E-state index in [1.165, 1.54) is 0 Å². The van der Waals surface area contributed by atoms with E-state index in [0.717, 1.165) is 5.56 Å². The van der Waals surface area contributed by atoms with Crippen molar-refractivity contribution in [2.24, 2.45) is 0 Å². The van der Waals surface area contributed by atoms with Gasteiger partial charge in [-0.3, -0.25) is 9.59 Å². The second-order valence-corrected chi connectivity index (χ2v) is 6.33. The standard InChI is InChI=1S/C20H17N5O4/c1-12-8-14(25-29-12)11-28-17-9-13(6-7-21-17)10-22-20(27)18-23-16-5-3-2-4-15(16)19(26)24-18/h2-9H,10-11H2,1H3,(H,22,27)(H,23,24,26). The minimum atomic E-state index is -0.481.